The summed E-state index contributed by atoms with van der Waals surface area (Å²) in [6, 6.07) is 10.3. The molecule has 1 aliphatic rings. The van der Waals surface area contributed by atoms with Gasteiger partial charge in [-0.3, -0.25) is 9.36 Å². The number of hydrogen-bond donors (Lipinski definition) is 1. The summed E-state index contributed by atoms with van der Waals surface area (Å²) in [4.78, 5) is 12.6. The van der Waals surface area contributed by atoms with Crippen molar-refractivity contribution in [2.45, 2.75) is 62.0 Å². The van der Waals surface area contributed by atoms with Gasteiger partial charge in [-0.25, -0.2) is 0 Å². The number of allylic oxidation sites excluding steroid dienone is 1. The Kier molecular flexibility index (Phi) is 6.50. The second-order valence-electron chi connectivity index (χ2n) is 6.68. The number of hydrogen-bond acceptors (Lipinski definition) is 4. The van der Waals surface area contributed by atoms with E-state index in [9.17, 15) is 4.79 Å². The van der Waals surface area contributed by atoms with Gasteiger partial charge in [0.05, 0.1) is 5.25 Å². The van der Waals surface area contributed by atoms with Gasteiger partial charge in [0.15, 0.2) is 11.0 Å². The van der Waals surface area contributed by atoms with Gasteiger partial charge in [-0.05, 0) is 19.8 Å². The van der Waals surface area contributed by atoms with E-state index in [2.05, 4.69) is 22.1 Å². The van der Waals surface area contributed by atoms with Crippen LogP contribution >= 0.6 is 11.8 Å². The number of carbonyl (C=O) groups excluding carboxylic acids is 1. The molecular weight excluding hydrogens is 344 g/mol. The molecule has 1 aromatic carbocycles. The Balaban J connectivity index is 1.71. The molecule has 1 amide bonds. The number of benzene rings is 1. The maximum atomic E-state index is 12.6. The first kappa shape index (κ1) is 18.7. The Labute approximate surface area is 159 Å². The van der Waals surface area contributed by atoms with Crippen LogP contribution in [0.3, 0.4) is 0 Å². The second-order valence-corrected chi connectivity index (χ2v) is 7.98. The van der Waals surface area contributed by atoms with Crippen molar-refractivity contribution in [2.75, 3.05) is 0 Å². The van der Waals surface area contributed by atoms with Gasteiger partial charge < -0.3 is 5.32 Å². The molecule has 1 aliphatic carbocycles. The van der Waals surface area contributed by atoms with E-state index in [0.717, 1.165) is 29.4 Å². The minimum atomic E-state index is -0.215. The zero-order chi connectivity index (χ0) is 18.4. The standard InChI is InChI=1S/C20H26N4OS/c1-3-14-24-18(16-10-6-4-7-11-16)22-23-20(24)26-15(2)19(25)21-17-12-8-5-9-13-17/h3-4,6-7,10-11,15,17H,1,5,8-9,12-14H2,2H3,(H,21,25)/t15-/m0/s1. The molecule has 1 N–H and O–H groups in total. The van der Waals surface area contributed by atoms with Crippen molar-refractivity contribution in [3.05, 3.63) is 43.0 Å². The largest absolute Gasteiger partial charge is 0.352 e. The molecule has 2 aromatic rings. The van der Waals surface area contributed by atoms with Crippen molar-refractivity contribution in [1.29, 1.82) is 0 Å². The van der Waals surface area contributed by atoms with Gasteiger partial charge >= 0.3 is 0 Å². The highest BCUT2D eigenvalue weighted by Crippen LogP contribution is 2.27. The number of rotatable bonds is 7. The lowest BCUT2D eigenvalue weighted by molar-refractivity contribution is -0.121. The number of amides is 1. The smallest absolute Gasteiger partial charge is 0.233 e. The highest BCUT2D eigenvalue weighted by molar-refractivity contribution is 8.00. The van der Waals surface area contributed by atoms with Crippen molar-refractivity contribution >= 4 is 17.7 Å². The van der Waals surface area contributed by atoms with Crippen molar-refractivity contribution in [3.63, 3.8) is 0 Å². The lowest BCUT2D eigenvalue weighted by Crippen LogP contribution is -2.40. The van der Waals surface area contributed by atoms with Crippen LogP contribution in [-0.4, -0.2) is 32.0 Å². The van der Waals surface area contributed by atoms with Crippen LogP contribution in [0.4, 0.5) is 0 Å². The van der Waals surface area contributed by atoms with Crippen LogP contribution < -0.4 is 5.32 Å². The van der Waals surface area contributed by atoms with E-state index in [4.69, 9.17) is 0 Å². The second kappa shape index (κ2) is 9.03. The van der Waals surface area contributed by atoms with Crippen LogP contribution in [0.15, 0.2) is 48.1 Å². The van der Waals surface area contributed by atoms with Gasteiger partial charge in [0.2, 0.25) is 5.91 Å². The SMILES string of the molecule is C=CCn1c(S[C@@H](C)C(=O)NC2CCCCC2)nnc1-c1ccccc1. The summed E-state index contributed by atoms with van der Waals surface area (Å²) in [5, 5.41) is 12.4. The average Bonchev–Trinajstić information content (AvgIpc) is 3.06. The van der Waals surface area contributed by atoms with Gasteiger partial charge in [-0.1, -0.05) is 67.4 Å². The highest BCUT2D eigenvalue weighted by Gasteiger charge is 2.23. The minimum Gasteiger partial charge on any atom is -0.352 e. The van der Waals surface area contributed by atoms with Crippen LogP contribution in [0.2, 0.25) is 0 Å². The molecule has 1 saturated carbocycles. The number of thioether (sulfide) groups is 1. The molecule has 0 radical (unpaired) electrons. The Morgan fingerprint density at radius 1 is 1.31 bits per heavy atom. The minimum absolute atomic E-state index is 0.0799. The quantitative estimate of drug-likeness (QED) is 0.590. The van der Waals surface area contributed by atoms with E-state index in [0.29, 0.717) is 12.6 Å². The van der Waals surface area contributed by atoms with Crippen molar-refractivity contribution in [1.82, 2.24) is 20.1 Å². The molecule has 1 atom stereocenters. The molecular formula is C20H26N4OS. The van der Waals surface area contributed by atoms with Crippen LogP contribution in [0.1, 0.15) is 39.0 Å². The zero-order valence-corrected chi connectivity index (χ0v) is 16.0. The zero-order valence-electron chi connectivity index (χ0n) is 15.2. The molecule has 1 fully saturated rings. The normalized spacial score (nSPS) is 16.2. The van der Waals surface area contributed by atoms with Gasteiger partial charge in [0.1, 0.15) is 0 Å². The molecule has 1 aromatic heterocycles. The molecule has 0 saturated heterocycles. The Bertz CT molecular complexity index is 738. The first-order valence-electron chi connectivity index (χ1n) is 9.25. The summed E-state index contributed by atoms with van der Waals surface area (Å²) >= 11 is 1.45. The summed E-state index contributed by atoms with van der Waals surface area (Å²) in [6.07, 6.45) is 7.71. The monoisotopic (exact) mass is 370 g/mol. The summed E-state index contributed by atoms with van der Waals surface area (Å²) < 4.78 is 2.01. The Hall–Kier alpha value is -2.08. The summed E-state index contributed by atoms with van der Waals surface area (Å²) in [7, 11) is 0. The van der Waals surface area contributed by atoms with E-state index in [1.165, 1.54) is 31.0 Å². The fourth-order valence-corrected chi connectivity index (χ4v) is 4.11. The number of nitrogens with zero attached hydrogens (tertiary/aromatic N) is 3. The maximum absolute atomic E-state index is 12.6. The third-order valence-corrected chi connectivity index (χ3v) is 5.74. The van der Waals surface area contributed by atoms with E-state index < -0.39 is 0 Å². The summed E-state index contributed by atoms with van der Waals surface area (Å²) in [6.45, 7) is 6.37. The summed E-state index contributed by atoms with van der Waals surface area (Å²) in [5.41, 5.74) is 1.01. The number of carbonyl (C=O) groups is 1. The molecule has 6 heteroatoms. The third-order valence-electron chi connectivity index (χ3n) is 4.66. The van der Waals surface area contributed by atoms with Gasteiger partial charge in [-0.15, -0.1) is 16.8 Å². The average molecular weight is 371 g/mol. The van der Waals surface area contributed by atoms with Gasteiger partial charge in [0, 0.05) is 18.2 Å². The van der Waals surface area contributed by atoms with Crippen LogP contribution in [0.25, 0.3) is 11.4 Å². The molecule has 0 aliphatic heterocycles. The molecule has 0 bridgehead atoms. The van der Waals surface area contributed by atoms with Gasteiger partial charge in [0.25, 0.3) is 0 Å². The number of nitrogens with one attached hydrogen (secondary N) is 1. The molecule has 26 heavy (non-hydrogen) atoms. The molecule has 138 valence electrons. The van der Waals surface area contributed by atoms with E-state index in [-0.39, 0.29) is 11.2 Å². The van der Waals surface area contributed by atoms with Crippen molar-refractivity contribution in [3.8, 4) is 11.4 Å². The lowest BCUT2D eigenvalue weighted by Gasteiger charge is -2.24. The third kappa shape index (κ3) is 4.55. The molecule has 0 unspecified atom stereocenters. The van der Waals surface area contributed by atoms with Crippen LogP contribution in [-0.2, 0) is 11.3 Å². The van der Waals surface area contributed by atoms with Crippen molar-refractivity contribution < 1.29 is 4.79 Å². The van der Waals surface area contributed by atoms with E-state index in [1.54, 1.807) is 0 Å². The molecule has 1 heterocycles. The van der Waals surface area contributed by atoms with Crippen LogP contribution in [0.5, 0.6) is 0 Å². The first-order chi connectivity index (χ1) is 12.7. The molecule has 0 spiro atoms. The summed E-state index contributed by atoms with van der Waals surface area (Å²) in [5.74, 6) is 0.879. The Morgan fingerprint density at radius 3 is 2.73 bits per heavy atom. The fraction of sp³-hybridized carbons (Fsp3) is 0.450. The van der Waals surface area contributed by atoms with Crippen LogP contribution in [0, 0.1) is 0 Å². The fourth-order valence-electron chi connectivity index (χ4n) is 3.25. The molecule has 5 nitrogen and oxygen atoms in total. The highest BCUT2D eigenvalue weighted by atomic mass is 32.2. The molecule has 3 rings (SSSR count). The maximum Gasteiger partial charge on any atom is 0.233 e. The van der Waals surface area contributed by atoms with Crippen molar-refractivity contribution in [2.24, 2.45) is 0 Å². The Morgan fingerprint density at radius 2 is 2.04 bits per heavy atom. The first-order valence-corrected chi connectivity index (χ1v) is 10.1. The van der Waals surface area contributed by atoms with E-state index in [1.807, 2.05) is 47.9 Å². The lowest BCUT2D eigenvalue weighted by atomic mass is 9.95. The predicted molar refractivity (Wildman–Crippen MR) is 106 cm³/mol. The number of aromatic nitrogens is 3. The van der Waals surface area contributed by atoms with E-state index >= 15 is 0 Å². The topological polar surface area (TPSA) is 59.8 Å². The van der Waals surface area contributed by atoms with Gasteiger partial charge in [-0.2, -0.15) is 0 Å². The predicted octanol–water partition coefficient (Wildman–Crippen LogP) is 4.06.